The average molecular weight is 252 g/mol. The van der Waals surface area contributed by atoms with Crippen LogP contribution in [0.2, 0.25) is 0 Å². The number of non-ortho nitro benzene ring substituents is 2. The van der Waals surface area contributed by atoms with Crippen molar-refractivity contribution in [2.24, 2.45) is 0 Å². The summed E-state index contributed by atoms with van der Waals surface area (Å²) in [5, 5.41) is 21.1. The number of hydrogen-bond acceptors (Lipinski definition) is 6. The van der Waals surface area contributed by atoms with Gasteiger partial charge in [0.25, 0.3) is 11.4 Å². The van der Waals surface area contributed by atoms with Crippen LogP contribution in [-0.4, -0.2) is 15.8 Å². The molecule has 1 rings (SSSR count). The van der Waals surface area contributed by atoms with Crippen LogP contribution in [0.3, 0.4) is 0 Å². The fourth-order valence-electron chi connectivity index (χ4n) is 1.03. The maximum Gasteiger partial charge on any atom is 0.338 e. The Bertz CT molecular complexity index is 519. The van der Waals surface area contributed by atoms with Gasteiger partial charge in [0.05, 0.1) is 28.0 Å². The molecule has 8 heteroatoms. The van der Waals surface area contributed by atoms with E-state index in [4.69, 9.17) is 4.74 Å². The molecule has 0 amide bonds. The Morgan fingerprint density at radius 3 is 1.94 bits per heavy atom. The number of esters is 1. The molecule has 0 spiro atoms. The van der Waals surface area contributed by atoms with E-state index in [0.29, 0.717) is 0 Å². The molecule has 0 aromatic heterocycles. The largest absolute Gasteiger partial charge is 0.423 e. The number of nitrogens with zero attached hydrogens (tertiary/aromatic N) is 2. The van der Waals surface area contributed by atoms with Crippen molar-refractivity contribution >= 4 is 17.3 Å². The van der Waals surface area contributed by atoms with E-state index in [1.54, 1.807) is 0 Å². The first-order valence-corrected chi connectivity index (χ1v) is 4.63. The second-order valence-electron chi connectivity index (χ2n) is 3.37. The maximum absolute atomic E-state index is 11.2. The van der Waals surface area contributed by atoms with Gasteiger partial charge in [0.1, 0.15) is 5.75 Å². The number of hydrogen-bond donors (Lipinski definition) is 0. The van der Waals surface area contributed by atoms with Crippen molar-refractivity contribution in [2.75, 3.05) is 0 Å². The zero-order valence-corrected chi connectivity index (χ0v) is 9.28. The fourth-order valence-corrected chi connectivity index (χ4v) is 1.03. The van der Waals surface area contributed by atoms with Crippen molar-refractivity contribution in [3.8, 4) is 5.75 Å². The topological polar surface area (TPSA) is 113 Å². The minimum atomic E-state index is -0.815. The lowest BCUT2D eigenvalue weighted by molar-refractivity contribution is -0.394. The first kappa shape index (κ1) is 13.3. The maximum atomic E-state index is 11.2. The predicted molar refractivity (Wildman–Crippen MR) is 60.2 cm³/mol. The van der Waals surface area contributed by atoms with Crippen LogP contribution in [0.25, 0.3) is 0 Å². The molecule has 18 heavy (non-hydrogen) atoms. The normalized spacial score (nSPS) is 9.61. The van der Waals surface area contributed by atoms with Gasteiger partial charge < -0.3 is 4.74 Å². The molecule has 0 heterocycles. The molecule has 0 aliphatic rings. The number of nitro groups is 2. The van der Waals surface area contributed by atoms with Crippen molar-refractivity contribution < 1.29 is 19.4 Å². The van der Waals surface area contributed by atoms with Crippen LogP contribution in [0.4, 0.5) is 11.4 Å². The predicted octanol–water partition coefficient (Wildman–Crippen LogP) is 1.98. The van der Waals surface area contributed by atoms with Gasteiger partial charge in [-0.15, -0.1) is 0 Å². The van der Waals surface area contributed by atoms with Gasteiger partial charge in [-0.3, -0.25) is 20.2 Å². The second kappa shape index (κ2) is 5.04. The highest BCUT2D eigenvalue weighted by atomic mass is 16.6. The lowest BCUT2D eigenvalue weighted by atomic mass is 10.2. The molecule has 0 saturated heterocycles. The summed E-state index contributed by atoms with van der Waals surface area (Å²) in [6.07, 6.45) is 0. The average Bonchev–Trinajstić information content (AvgIpc) is 2.28. The molecule has 0 atom stereocenters. The van der Waals surface area contributed by atoms with Gasteiger partial charge >= 0.3 is 5.97 Å². The Hall–Kier alpha value is -2.77. The van der Waals surface area contributed by atoms with Crippen molar-refractivity contribution in [1.82, 2.24) is 0 Å². The Morgan fingerprint density at radius 2 is 1.61 bits per heavy atom. The van der Waals surface area contributed by atoms with Gasteiger partial charge in [-0.05, 0) is 6.92 Å². The van der Waals surface area contributed by atoms with Crippen molar-refractivity contribution in [3.63, 3.8) is 0 Å². The zero-order chi connectivity index (χ0) is 13.9. The fraction of sp³-hybridized carbons (Fsp3) is 0.100. The number of benzene rings is 1. The van der Waals surface area contributed by atoms with Crippen LogP contribution in [0.1, 0.15) is 6.92 Å². The number of nitro benzene ring substituents is 2. The Labute approximate surface area is 101 Å². The molecule has 0 saturated carbocycles. The first-order valence-electron chi connectivity index (χ1n) is 4.63. The molecule has 0 fully saturated rings. The van der Waals surface area contributed by atoms with Crippen LogP contribution in [0.15, 0.2) is 30.4 Å². The first-order chi connectivity index (χ1) is 8.31. The lowest BCUT2D eigenvalue weighted by Crippen LogP contribution is -2.08. The summed E-state index contributed by atoms with van der Waals surface area (Å²) < 4.78 is 4.71. The van der Waals surface area contributed by atoms with E-state index < -0.39 is 27.2 Å². The van der Waals surface area contributed by atoms with E-state index in [2.05, 4.69) is 6.58 Å². The van der Waals surface area contributed by atoms with Crippen LogP contribution in [0, 0.1) is 20.2 Å². The summed E-state index contributed by atoms with van der Waals surface area (Å²) in [7, 11) is 0. The number of ether oxygens (including phenoxy) is 1. The van der Waals surface area contributed by atoms with E-state index in [-0.39, 0.29) is 11.3 Å². The van der Waals surface area contributed by atoms with Crippen LogP contribution in [-0.2, 0) is 4.79 Å². The van der Waals surface area contributed by atoms with Gasteiger partial charge in [-0.1, -0.05) is 6.58 Å². The third-order valence-corrected chi connectivity index (χ3v) is 1.86. The third-order valence-electron chi connectivity index (χ3n) is 1.86. The SMILES string of the molecule is C=C(C)C(=O)Oc1cc([N+](=O)[O-])cc([N+](=O)[O-])c1. The minimum absolute atomic E-state index is 0.0733. The minimum Gasteiger partial charge on any atom is -0.423 e. The molecule has 0 radical (unpaired) electrons. The Morgan fingerprint density at radius 1 is 1.17 bits per heavy atom. The molecule has 94 valence electrons. The van der Waals surface area contributed by atoms with Crippen molar-refractivity contribution in [3.05, 3.63) is 50.6 Å². The smallest absolute Gasteiger partial charge is 0.338 e. The van der Waals surface area contributed by atoms with Crippen LogP contribution in [0.5, 0.6) is 5.75 Å². The summed E-state index contributed by atoms with van der Waals surface area (Å²) in [4.78, 5) is 30.7. The Balaban J connectivity index is 3.19. The summed E-state index contributed by atoms with van der Waals surface area (Å²) in [5.41, 5.74) is -0.994. The quantitative estimate of drug-likeness (QED) is 0.266. The highest BCUT2D eigenvalue weighted by Crippen LogP contribution is 2.27. The lowest BCUT2D eigenvalue weighted by Gasteiger charge is -2.03. The molecule has 0 aliphatic carbocycles. The summed E-state index contributed by atoms with van der Waals surface area (Å²) in [6.45, 7) is 4.71. The highest BCUT2D eigenvalue weighted by molar-refractivity contribution is 5.88. The molecule has 0 bridgehead atoms. The summed E-state index contributed by atoms with van der Waals surface area (Å²) in [5.74, 6) is -1.09. The number of rotatable bonds is 4. The van der Waals surface area contributed by atoms with Gasteiger partial charge in [0, 0.05) is 5.57 Å². The van der Waals surface area contributed by atoms with Crippen molar-refractivity contribution in [2.45, 2.75) is 6.92 Å². The van der Waals surface area contributed by atoms with Crippen molar-refractivity contribution in [1.29, 1.82) is 0 Å². The van der Waals surface area contributed by atoms with E-state index >= 15 is 0 Å². The van der Waals surface area contributed by atoms with Gasteiger partial charge in [-0.2, -0.15) is 0 Å². The molecule has 1 aromatic rings. The molecule has 0 N–H and O–H groups in total. The van der Waals surface area contributed by atoms with Gasteiger partial charge in [0.2, 0.25) is 0 Å². The summed E-state index contributed by atoms with van der Waals surface area (Å²) in [6, 6.07) is 2.62. The van der Waals surface area contributed by atoms with E-state index in [1.165, 1.54) is 6.92 Å². The molecule has 0 aliphatic heterocycles. The van der Waals surface area contributed by atoms with Gasteiger partial charge in [-0.25, -0.2) is 4.79 Å². The molecular formula is C10H8N2O6. The molecular weight excluding hydrogens is 244 g/mol. The number of carbonyl (C=O) groups is 1. The van der Waals surface area contributed by atoms with Crippen LogP contribution < -0.4 is 4.74 Å². The Kier molecular flexibility index (Phi) is 3.72. The molecule has 8 nitrogen and oxygen atoms in total. The molecule has 1 aromatic carbocycles. The van der Waals surface area contributed by atoms with E-state index in [0.717, 1.165) is 18.2 Å². The number of carbonyl (C=O) groups excluding carboxylic acids is 1. The van der Waals surface area contributed by atoms with E-state index in [1.807, 2.05) is 0 Å². The summed E-state index contributed by atoms with van der Waals surface area (Å²) >= 11 is 0. The van der Waals surface area contributed by atoms with Crippen LogP contribution >= 0.6 is 0 Å². The van der Waals surface area contributed by atoms with E-state index in [9.17, 15) is 25.0 Å². The third kappa shape index (κ3) is 3.11. The standard InChI is InChI=1S/C10H8N2O6/c1-6(2)10(13)18-9-4-7(11(14)15)3-8(5-9)12(16)17/h3-5H,1H2,2H3. The zero-order valence-electron chi connectivity index (χ0n) is 9.28. The highest BCUT2D eigenvalue weighted by Gasteiger charge is 2.18. The molecule has 0 unspecified atom stereocenters. The monoisotopic (exact) mass is 252 g/mol. The second-order valence-corrected chi connectivity index (χ2v) is 3.37. The van der Waals surface area contributed by atoms with Gasteiger partial charge in [0.15, 0.2) is 0 Å².